The van der Waals surface area contributed by atoms with Gasteiger partial charge in [0.05, 0.1) is 33.1 Å². The minimum atomic E-state index is 1.24. The zero-order valence-electron chi connectivity index (χ0n) is 34.1. The highest BCUT2D eigenvalue weighted by Gasteiger charge is 2.29. The number of benzene rings is 9. The molecule has 0 saturated carbocycles. The number of rotatable bonds is 4. The Kier molecular flexibility index (Phi) is 6.74. The molecule has 2 nitrogen and oxygen atoms in total. The van der Waals surface area contributed by atoms with Crippen molar-refractivity contribution in [3.63, 3.8) is 0 Å². The van der Waals surface area contributed by atoms with Gasteiger partial charge in [0.25, 0.3) is 0 Å². The van der Waals surface area contributed by atoms with Crippen LogP contribution in [0.25, 0.3) is 121 Å². The van der Waals surface area contributed by atoms with Crippen LogP contribution in [-0.4, -0.2) is 8.80 Å². The average Bonchev–Trinajstić information content (AvgIpc) is 3.99. The van der Waals surface area contributed by atoms with Crippen molar-refractivity contribution in [2.45, 2.75) is 27.7 Å². The number of aryl methyl sites for hydroxylation is 4. The van der Waals surface area contributed by atoms with Gasteiger partial charge in [0.1, 0.15) is 0 Å². The first-order chi connectivity index (χ1) is 29.4. The second kappa shape index (κ2) is 12.1. The van der Waals surface area contributed by atoms with Crippen LogP contribution in [0.1, 0.15) is 22.3 Å². The van der Waals surface area contributed by atoms with E-state index in [2.05, 4.69) is 206 Å². The number of hydrogen-bond acceptors (Lipinski definition) is 0. The molecule has 2 heteroatoms. The van der Waals surface area contributed by atoms with E-state index in [1.54, 1.807) is 0 Å². The van der Waals surface area contributed by atoms with Crippen molar-refractivity contribution < 1.29 is 0 Å². The van der Waals surface area contributed by atoms with E-state index in [9.17, 15) is 0 Å². The van der Waals surface area contributed by atoms with Gasteiger partial charge in [0.2, 0.25) is 0 Å². The van der Waals surface area contributed by atoms with Crippen LogP contribution < -0.4 is 0 Å². The van der Waals surface area contributed by atoms with Gasteiger partial charge in [-0.25, -0.2) is 0 Å². The van der Waals surface area contributed by atoms with Gasteiger partial charge in [-0.15, -0.1) is 0 Å². The average molecular weight is 765 g/mol. The van der Waals surface area contributed by atoms with Crippen molar-refractivity contribution >= 4 is 76.2 Å². The second-order valence-corrected chi connectivity index (χ2v) is 17.1. The minimum absolute atomic E-state index is 1.24. The third-order valence-corrected chi connectivity index (χ3v) is 13.8. The standard InChI is InChI=1S/C58H40N2/c1-33-13-5-9-17-41(33)37-21-25-45-49(29-37)59-50-30-38(42-18-10-6-14-34(42)2)22-26-46(50)55-56-48-28-24-40(44-20-12-8-16-36(44)4)32-52(48)60-51-31-39(43-19-11-7-15-35(43)3)23-27-47(51)54(58(56)60)53(45)57(55)59/h5-32H,1-4H3. The van der Waals surface area contributed by atoms with Crippen LogP contribution in [0.5, 0.6) is 0 Å². The maximum absolute atomic E-state index is 2.61. The van der Waals surface area contributed by atoms with Crippen LogP contribution in [0.2, 0.25) is 0 Å². The smallest absolute Gasteiger partial charge is 0.0634 e. The first-order valence-corrected chi connectivity index (χ1v) is 21.1. The molecular weight excluding hydrogens is 725 g/mol. The Morgan fingerprint density at radius 2 is 0.500 bits per heavy atom. The fourth-order valence-electron chi connectivity index (χ4n) is 10.9. The van der Waals surface area contributed by atoms with Crippen molar-refractivity contribution in [3.05, 3.63) is 192 Å². The summed E-state index contributed by atoms with van der Waals surface area (Å²) >= 11 is 0. The number of aromatic nitrogens is 2. The number of hydrogen-bond donors (Lipinski definition) is 0. The van der Waals surface area contributed by atoms with Crippen molar-refractivity contribution in [1.29, 1.82) is 0 Å². The predicted molar refractivity (Wildman–Crippen MR) is 256 cm³/mol. The lowest BCUT2D eigenvalue weighted by molar-refractivity contribution is 1.36. The van der Waals surface area contributed by atoms with Crippen molar-refractivity contribution in [2.24, 2.45) is 0 Å². The van der Waals surface area contributed by atoms with E-state index in [1.165, 1.54) is 143 Å². The quantitative estimate of drug-likeness (QED) is 0.169. The molecule has 9 aromatic carbocycles. The zero-order valence-corrected chi connectivity index (χ0v) is 34.1. The van der Waals surface area contributed by atoms with E-state index in [4.69, 9.17) is 0 Å². The number of fused-ring (bicyclic) bond motifs is 14. The maximum Gasteiger partial charge on any atom is 0.0634 e. The molecule has 0 saturated heterocycles. The largest absolute Gasteiger partial charge is 0.308 e. The first kappa shape index (κ1) is 33.5. The maximum atomic E-state index is 2.61. The van der Waals surface area contributed by atoms with Gasteiger partial charge in [-0.3, -0.25) is 0 Å². The molecule has 0 amide bonds. The summed E-state index contributed by atoms with van der Waals surface area (Å²) in [6.07, 6.45) is 0. The SMILES string of the molecule is Cc1ccccc1-c1ccc2c3c4c5ccc(-c6ccccc6C)cc5n5c6cc(-c7ccccc7C)ccc6c(c6c7ccc(-c8ccccc8C)cc7n(c2c1)c36)c45. The minimum Gasteiger partial charge on any atom is -0.308 e. The lowest BCUT2D eigenvalue weighted by atomic mass is 9.94. The van der Waals surface area contributed by atoms with E-state index in [-0.39, 0.29) is 0 Å². The van der Waals surface area contributed by atoms with Crippen LogP contribution in [0, 0.1) is 27.7 Å². The van der Waals surface area contributed by atoms with E-state index in [0.29, 0.717) is 0 Å². The summed E-state index contributed by atoms with van der Waals surface area (Å²) in [7, 11) is 0. The first-order valence-electron chi connectivity index (χ1n) is 21.1. The van der Waals surface area contributed by atoms with E-state index in [0.717, 1.165) is 0 Å². The summed E-state index contributed by atoms with van der Waals surface area (Å²) in [6.45, 7) is 8.88. The van der Waals surface area contributed by atoms with Crippen LogP contribution >= 0.6 is 0 Å². The summed E-state index contributed by atoms with van der Waals surface area (Å²) in [4.78, 5) is 0. The predicted octanol–water partition coefficient (Wildman–Crippen LogP) is 15.9. The Labute approximate surface area is 347 Å². The molecule has 0 spiro atoms. The molecule has 0 aliphatic heterocycles. The van der Waals surface area contributed by atoms with E-state index >= 15 is 0 Å². The molecule has 13 aromatic rings. The Hall–Kier alpha value is -7.42. The summed E-state index contributed by atoms with van der Waals surface area (Å²) in [5.74, 6) is 0. The molecule has 0 atom stereocenters. The topological polar surface area (TPSA) is 8.82 Å². The molecule has 4 aromatic heterocycles. The highest BCUT2D eigenvalue weighted by Crippen LogP contribution is 2.53. The van der Waals surface area contributed by atoms with Crippen LogP contribution in [0.15, 0.2) is 170 Å². The van der Waals surface area contributed by atoms with Crippen LogP contribution in [0.4, 0.5) is 0 Å². The van der Waals surface area contributed by atoms with Crippen molar-refractivity contribution in [2.75, 3.05) is 0 Å². The van der Waals surface area contributed by atoms with Gasteiger partial charge in [0, 0.05) is 43.1 Å². The normalized spacial score (nSPS) is 12.3. The third kappa shape index (κ3) is 4.38. The fraction of sp³-hybridized carbons (Fsp3) is 0.0690. The molecule has 0 fully saturated rings. The van der Waals surface area contributed by atoms with Crippen molar-refractivity contribution in [3.8, 4) is 44.5 Å². The summed E-state index contributed by atoms with van der Waals surface area (Å²) < 4.78 is 5.22. The van der Waals surface area contributed by atoms with Gasteiger partial charge < -0.3 is 8.80 Å². The molecule has 0 unspecified atom stereocenters. The lowest BCUT2D eigenvalue weighted by Gasteiger charge is -2.09. The van der Waals surface area contributed by atoms with Gasteiger partial charge in [-0.2, -0.15) is 0 Å². The van der Waals surface area contributed by atoms with Crippen LogP contribution in [0.3, 0.4) is 0 Å². The highest BCUT2D eigenvalue weighted by atomic mass is 14.9. The Balaban J connectivity index is 1.26. The summed E-state index contributed by atoms with van der Waals surface area (Å²) in [5.41, 5.74) is 22.8. The zero-order chi connectivity index (χ0) is 40.0. The van der Waals surface area contributed by atoms with Gasteiger partial charge in [-0.1, -0.05) is 146 Å². The van der Waals surface area contributed by atoms with Crippen LogP contribution in [-0.2, 0) is 0 Å². The molecule has 13 rings (SSSR count). The monoisotopic (exact) mass is 764 g/mol. The van der Waals surface area contributed by atoms with E-state index in [1.807, 2.05) is 0 Å². The third-order valence-electron chi connectivity index (χ3n) is 13.8. The van der Waals surface area contributed by atoms with E-state index < -0.39 is 0 Å². The summed E-state index contributed by atoms with van der Waals surface area (Å²) in [5, 5.41) is 10.5. The Morgan fingerprint density at radius 1 is 0.267 bits per heavy atom. The van der Waals surface area contributed by atoms with Gasteiger partial charge in [-0.05, 0) is 119 Å². The van der Waals surface area contributed by atoms with Gasteiger partial charge >= 0.3 is 0 Å². The molecule has 4 heterocycles. The highest BCUT2D eigenvalue weighted by molar-refractivity contribution is 6.45. The molecule has 282 valence electrons. The second-order valence-electron chi connectivity index (χ2n) is 17.1. The fourth-order valence-corrected chi connectivity index (χ4v) is 10.9. The molecule has 0 bridgehead atoms. The molecule has 0 N–H and O–H groups in total. The lowest BCUT2D eigenvalue weighted by Crippen LogP contribution is -1.86. The molecule has 0 aliphatic carbocycles. The molecular formula is C58H40N2. The molecule has 0 radical (unpaired) electrons. The molecule has 0 aliphatic rings. The summed E-state index contributed by atoms with van der Waals surface area (Å²) in [6, 6.07) is 63.9. The molecule has 60 heavy (non-hydrogen) atoms. The Morgan fingerprint density at radius 3 is 0.733 bits per heavy atom. The number of nitrogens with zero attached hydrogens (tertiary/aromatic N) is 2. The Bertz CT molecular complexity index is 3420. The van der Waals surface area contributed by atoms with Crippen molar-refractivity contribution in [1.82, 2.24) is 8.80 Å². The van der Waals surface area contributed by atoms with Gasteiger partial charge in [0.15, 0.2) is 0 Å².